The van der Waals surface area contributed by atoms with Gasteiger partial charge in [0.1, 0.15) is 0 Å². The van der Waals surface area contributed by atoms with Crippen LogP contribution in [0.4, 0.5) is 5.69 Å². The Labute approximate surface area is 170 Å². The molecule has 0 spiro atoms. The summed E-state index contributed by atoms with van der Waals surface area (Å²) in [6.07, 6.45) is 7.15. The summed E-state index contributed by atoms with van der Waals surface area (Å²) in [5, 5.41) is 12.4. The van der Waals surface area contributed by atoms with Crippen LogP contribution in [-0.2, 0) is 11.3 Å². The summed E-state index contributed by atoms with van der Waals surface area (Å²) in [5.74, 6) is -0.493. The van der Waals surface area contributed by atoms with Crippen LogP contribution in [0.25, 0.3) is 5.69 Å². The highest BCUT2D eigenvalue weighted by Crippen LogP contribution is 2.21. The van der Waals surface area contributed by atoms with Gasteiger partial charge < -0.3 is 20.6 Å². The number of benzene rings is 1. The Bertz CT molecular complexity index is 1020. The molecule has 7 nitrogen and oxygen atoms in total. The van der Waals surface area contributed by atoms with Gasteiger partial charge in [0.2, 0.25) is 5.91 Å². The first-order valence-electron chi connectivity index (χ1n) is 8.20. The Hall–Kier alpha value is -3.23. The zero-order chi connectivity index (χ0) is 19.9. The number of imidazole rings is 1. The van der Waals surface area contributed by atoms with Gasteiger partial charge in [-0.3, -0.25) is 9.59 Å². The number of anilines is 1. The third kappa shape index (κ3) is 5.15. The van der Waals surface area contributed by atoms with Gasteiger partial charge in [0, 0.05) is 29.9 Å². The molecule has 0 saturated heterocycles. The molecule has 0 unspecified atom stereocenters. The quantitative estimate of drug-likeness (QED) is 0.407. The maximum Gasteiger partial charge on any atom is 0.261 e. The lowest BCUT2D eigenvalue weighted by atomic mass is 10.2. The van der Waals surface area contributed by atoms with Crippen molar-refractivity contribution in [3.05, 3.63) is 76.0 Å². The second kappa shape index (κ2) is 9.12. The van der Waals surface area contributed by atoms with Gasteiger partial charge in [0.05, 0.1) is 27.8 Å². The smallest absolute Gasteiger partial charge is 0.261 e. The lowest BCUT2D eigenvalue weighted by Crippen LogP contribution is -2.21. The van der Waals surface area contributed by atoms with E-state index in [4.69, 9.17) is 17.0 Å². The van der Waals surface area contributed by atoms with E-state index in [0.29, 0.717) is 27.1 Å². The molecular weight excluding hydrogens is 398 g/mol. The van der Waals surface area contributed by atoms with Crippen LogP contribution in [0.3, 0.4) is 0 Å². The number of thiophene rings is 1. The molecule has 2 aromatic heterocycles. The summed E-state index contributed by atoms with van der Waals surface area (Å²) < 4.78 is 2.39. The number of nitrogens with zero attached hydrogens (tertiary/aromatic N) is 2. The minimum atomic E-state index is -0.302. The minimum Gasteiger partial charge on any atom is -0.346 e. The van der Waals surface area contributed by atoms with Crippen LogP contribution in [0, 0.1) is 5.41 Å². The molecule has 3 aromatic rings. The van der Waals surface area contributed by atoms with E-state index in [1.807, 2.05) is 22.9 Å². The van der Waals surface area contributed by atoms with Crippen molar-refractivity contribution in [2.75, 3.05) is 5.32 Å². The number of hydrogen-bond donors (Lipinski definition) is 3. The van der Waals surface area contributed by atoms with Crippen LogP contribution < -0.4 is 10.6 Å². The monoisotopic (exact) mass is 413 g/mol. The van der Waals surface area contributed by atoms with E-state index in [9.17, 15) is 9.59 Å². The summed E-state index contributed by atoms with van der Waals surface area (Å²) >= 11 is 7.07. The van der Waals surface area contributed by atoms with E-state index in [2.05, 4.69) is 15.6 Å². The number of carbonyl (C=O) groups excluding carboxylic acids is 2. The normalized spacial score (nSPS) is 10.8. The topological polar surface area (TPSA) is 99.9 Å². The highest BCUT2D eigenvalue weighted by Gasteiger charge is 2.09. The first-order valence-corrected chi connectivity index (χ1v) is 9.39. The first-order chi connectivity index (χ1) is 13.5. The van der Waals surface area contributed by atoms with E-state index in [1.54, 1.807) is 30.6 Å². The second-order valence-electron chi connectivity index (χ2n) is 5.62. The predicted octanol–water partition coefficient (Wildman–Crippen LogP) is 3.66. The SMILES string of the molecule is N=C/C=C\C(=O)Nc1ccc(-n2cnc(CNC(=O)c3ccc(Cl)s3)c2)cc1. The second-order valence-corrected chi connectivity index (χ2v) is 7.34. The van der Waals surface area contributed by atoms with Crippen LogP contribution >= 0.6 is 22.9 Å². The molecule has 0 saturated carbocycles. The number of hydrogen-bond acceptors (Lipinski definition) is 5. The number of allylic oxidation sites excluding steroid dienone is 1. The molecule has 1 aromatic carbocycles. The number of rotatable bonds is 7. The van der Waals surface area contributed by atoms with Crippen molar-refractivity contribution in [2.45, 2.75) is 6.54 Å². The van der Waals surface area contributed by atoms with E-state index in [-0.39, 0.29) is 11.8 Å². The van der Waals surface area contributed by atoms with Gasteiger partial charge in [-0.1, -0.05) is 11.6 Å². The Balaban J connectivity index is 1.58. The van der Waals surface area contributed by atoms with E-state index < -0.39 is 0 Å². The van der Waals surface area contributed by atoms with E-state index in [1.165, 1.54) is 23.5 Å². The third-order valence-electron chi connectivity index (χ3n) is 3.64. The Morgan fingerprint density at radius 2 is 2.00 bits per heavy atom. The Kier molecular flexibility index (Phi) is 6.36. The molecule has 0 bridgehead atoms. The summed E-state index contributed by atoms with van der Waals surface area (Å²) in [7, 11) is 0. The van der Waals surface area contributed by atoms with Crippen LogP contribution in [0.1, 0.15) is 15.4 Å². The average molecular weight is 414 g/mol. The third-order valence-corrected chi connectivity index (χ3v) is 4.87. The lowest BCUT2D eigenvalue weighted by molar-refractivity contribution is -0.111. The largest absolute Gasteiger partial charge is 0.346 e. The zero-order valence-corrected chi connectivity index (χ0v) is 16.1. The van der Waals surface area contributed by atoms with Crippen molar-refractivity contribution in [3.63, 3.8) is 0 Å². The molecule has 0 aliphatic carbocycles. The molecule has 0 aliphatic heterocycles. The number of amides is 2. The molecule has 3 rings (SSSR count). The van der Waals surface area contributed by atoms with Crippen LogP contribution in [-0.4, -0.2) is 27.6 Å². The molecule has 142 valence electrons. The minimum absolute atomic E-state index is 0.191. The molecule has 0 atom stereocenters. The number of carbonyl (C=O) groups is 2. The molecule has 2 heterocycles. The van der Waals surface area contributed by atoms with Crippen molar-refractivity contribution in [3.8, 4) is 5.69 Å². The Morgan fingerprint density at radius 1 is 1.21 bits per heavy atom. The maximum atomic E-state index is 12.1. The molecule has 9 heteroatoms. The molecule has 0 fully saturated rings. The van der Waals surface area contributed by atoms with Gasteiger partial charge in [0.25, 0.3) is 5.91 Å². The van der Waals surface area contributed by atoms with Gasteiger partial charge in [-0.25, -0.2) is 4.98 Å². The molecule has 0 aliphatic rings. The molecule has 0 radical (unpaired) electrons. The van der Waals surface area contributed by atoms with E-state index >= 15 is 0 Å². The Morgan fingerprint density at radius 3 is 2.68 bits per heavy atom. The summed E-state index contributed by atoms with van der Waals surface area (Å²) in [6, 6.07) is 10.6. The number of halogens is 1. The standard InChI is InChI=1S/C19H16ClN5O2S/c20-17-8-7-16(28-17)19(27)22-10-14-11-25(12-23-14)15-5-3-13(4-6-15)24-18(26)2-1-9-21/h1-9,11-12,21H,10H2,(H,22,27)(H,24,26)/b2-1-,21-9?. The van der Waals surface area contributed by atoms with Gasteiger partial charge in [-0.2, -0.15) is 0 Å². The fourth-order valence-electron chi connectivity index (χ4n) is 2.33. The zero-order valence-electron chi connectivity index (χ0n) is 14.6. The van der Waals surface area contributed by atoms with Crippen LogP contribution in [0.15, 0.2) is 61.1 Å². The number of nitrogens with one attached hydrogen (secondary N) is 3. The molecule has 28 heavy (non-hydrogen) atoms. The van der Waals surface area contributed by atoms with Crippen molar-refractivity contribution in [2.24, 2.45) is 0 Å². The molecule has 2 amide bonds. The number of aromatic nitrogens is 2. The molecular formula is C19H16ClN5O2S. The predicted molar refractivity (Wildman–Crippen MR) is 111 cm³/mol. The van der Waals surface area contributed by atoms with Gasteiger partial charge in [-0.05, 0) is 42.5 Å². The van der Waals surface area contributed by atoms with Crippen molar-refractivity contribution < 1.29 is 9.59 Å². The summed E-state index contributed by atoms with van der Waals surface area (Å²) in [6.45, 7) is 0.300. The summed E-state index contributed by atoms with van der Waals surface area (Å²) in [4.78, 5) is 28.5. The van der Waals surface area contributed by atoms with Crippen molar-refractivity contribution >= 4 is 46.7 Å². The maximum absolute atomic E-state index is 12.1. The lowest BCUT2D eigenvalue weighted by Gasteiger charge is -2.05. The van der Waals surface area contributed by atoms with Gasteiger partial charge >= 0.3 is 0 Å². The first kappa shape index (κ1) is 19.5. The van der Waals surface area contributed by atoms with Crippen LogP contribution in [0.2, 0.25) is 4.34 Å². The fraction of sp³-hybridized carbons (Fsp3) is 0.0526. The summed E-state index contributed by atoms with van der Waals surface area (Å²) in [5.41, 5.74) is 2.22. The average Bonchev–Trinajstić information content (AvgIpc) is 3.34. The highest BCUT2D eigenvalue weighted by molar-refractivity contribution is 7.17. The van der Waals surface area contributed by atoms with Gasteiger partial charge in [-0.15, -0.1) is 11.3 Å². The fourth-order valence-corrected chi connectivity index (χ4v) is 3.29. The van der Waals surface area contributed by atoms with Crippen molar-refractivity contribution in [1.29, 1.82) is 5.41 Å². The van der Waals surface area contributed by atoms with E-state index in [0.717, 1.165) is 11.9 Å². The van der Waals surface area contributed by atoms with Crippen molar-refractivity contribution in [1.82, 2.24) is 14.9 Å². The highest BCUT2D eigenvalue weighted by atomic mass is 35.5. The molecule has 3 N–H and O–H groups in total. The van der Waals surface area contributed by atoms with Crippen LogP contribution in [0.5, 0.6) is 0 Å². The van der Waals surface area contributed by atoms with Gasteiger partial charge in [0.15, 0.2) is 0 Å².